The van der Waals surface area contributed by atoms with Crippen LogP contribution in [0.1, 0.15) is 41.3 Å². The molecule has 1 saturated carbocycles. The molecule has 3 rings (SSSR count). The first kappa shape index (κ1) is 18.8. The van der Waals surface area contributed by atoms with Crippen LogP contribution in [-0.4, -0.2) is 18.7 Å². The fourth-order valence-electron chi connectivity index (χ4n) is 2.82. The molecule has 27 heavy (non-hydrogen) atoms. The number of alkyl carbamates (subject to hydrolysis) is 1. The van der Waals surface area contributed by atoms with Gasteiger partial charge in [0.2, 0.25) is 0 Å². The fourth-order valence-corrected chi connectivity index (χ4v) is 2.82. The van der Waals surface area contributed by atoms with Crippen LogP contribution in [-0.2, 0) is 21.6 Å². The van der Waals surface area contributed by atoms with E-state index in [-0.39, 0.29) is 18.8 Å². The van der Waals surface area contributed by atoms with Gasteiger partial charge in [-0.3, -0.25) is 0 Å². The zero-order chi connectivity index (χ0) is 19.4. The fraction of sp³-hybridized carbons (Fsp3) is 0.300. The summed E-state index contributed by atoms with van der Waals surface area (Å²) in [6.07, 6.45) is 0.177. The van der Waals surface area contributed by atoms with Gasteiger partial charge in [-0.2, -0.15) is 0 Å². The molecule has 0 saturated heterocycles. The van der Waals surface area contributed by atoms with Crippen LogP contribution in [0.4, 0.5) is 13.6 Å². The van der Waals surface area contributed by atoms with Gasteiger partial charge in [0.1, 0.15) is 18.2 Å². The third-order valence-electron chi connectivity index (χ3n) is 4.37. The first-order valence-electron chi connectivity index (χ1n) is 8.60. The van der Waals surface area contributed by atoms with E-state index in [9.17, 15) is 18.4 Å². The second kappa shape index (κ2) is 7.73. The van der Waals surface area contributed by atoms with E-state index in [1.807, 2.05) is 30.3 Å². The van der Waals surface area contributed by atoms with Crippen LogP contribution in [0.15, 0.2) is 42.5 Å². The highest BCUT2D eigenvalue weighted by Gasteiger charge is 2.48. The summed E-state index contributed by atoms with van der Waals surface area (Å²) in [7, 11) is 0. The molecule has 0 unspecified atom stereocenters. The molecule has 0 aliphatic heterocycles. The Morgan fingerprint density at radius 2 is 1.78 bits per heavy atom. The van der Waals surface area contributed by atoms with Gasteiger partial charge in [-0.1, -0.05) is 30.3 Å². The Morgan fingerprint density at radius 1 is 1.07 bits per heavy atom. The molecular formula is C20H19F2NO4. The van der Waals surface area contributed by atoms with E-state index >= 15 is 0 Å². The minimum atomic E-state index is -1.02. The van der Waals surface area contributed by atoms with Gasteiger partial charge in [-0.05, 0) is 37.5 Å². The van der Waals surface area contributed by atoms with Crippen molar-refractivity contribution in [3.63, 3.8) is 0 Å². The van der Waals surface area contributed by atoms with Gasteiger partial charge in [0.05, 0.1) is 17.7 Å². The Morgan fingerprint density at radius 3 is 2.41 bits per heavy atom. The van der Waals surface area contributed by atoms with Gasteiger partial charge in [-0.25, -0.2) is 18.4 Å². The van der Waals surface area contributed by atoms with Gasteiger partial charge in [0, 0.05) is 5.56 Å². The van der Waals surface area contributed by atoms with Crippen molar-refractivity contribution >= 4 is 12.1 Å². The van der Waals surface area contributed by atoms with Crippen molar-refractivity contribution in [1.82, 2.24) is 5.32 Å². The van der Waals surface area contributed by atoms with E-state index in [0.717, 1.165) is 17.7 Å². The first-order valence-corrected chi connectivity index (χ1v) is 8.60. The van der Waals surface area contributed by atoms with E-state index in [2.05, 4.69) is 5.32 Å². The number of benzene rings is 2. The van der Waals surface area contributed by atoms with Crippen molar-refractivity contribution in [3.05, 3.63) is 70.8 Å². The Labute approximate surface area is 155 Å². The van der Waals surface area contributed by atoms with Gasteiger partial charge >= 0.3 is 12.1 Å². The molecule has 0 heterocycles. The number of ether oxygens (including phenoxy) is 2. The number of carbonyl (C=O) groups excluding carboxylic acids is 2. The molecule has 0 bridgehead atoms. The number of hydrogen-bond acceptors (Lipinski definition) is 4. The summed E-state index contributed by atoms with van der Waals surface area (Å²) < 4.78 is 38.6. The lowest BCUT2D eigenvalue weighted by Gasteiger charge is -2.19. The standard InChI is InChI=1S/C20H19F2NO4/c1-2-26-18(24)14-10-17(22)15(11-16(14)21)20(8-9-20)23-19(25)27-12-13-6-4-3-5-7-13/h3-7,10-11H,2,8-9,12H2,1H3,(H,23,25). The van der Waals surface area contributed by atoms with Crippen LogP contribution >= 0.6 is 0 Å². The summed E-state index contributed by atoms with van der Waals surface area (Å²) in [5, 5.41) is 2.61. The van der Waals surface area contributed by atoms with E-state index in [0.29, 0.717) is 12.8 Å². The summed E-state index contributed by atoms with van der Waals surface area (Å²) in [6, 6.07) is 10.9. The lowest BCUT2D eigenvalue weighted by molar-refractivity contribution is 0.0520. The van der Waals surface area contributed by atoms with Gasteiger partial charge in [0.25, 0.3) is 0 Å². The van der Waals surface area contributed by atoms with Crippen LogP contribution in [0.2, 0.25) is 0 Å². The molecule has 7 heteroatoms. The van der Waals surface area contributed by atoms with Crippen LogP contribution in [0.3, 0.4) is 0 Å². The van der Waals surface area contributed by atoms with Crippen LogP contribution in [0.5, 0.6) is 0 Å². The average molecular weight is 375 g/mol. The maximum Gasteiger partial charge on any atom is 0.408 e. The molecule has 2 aromatic carbocycles. The third-order valence-corrected chi connectivity index (χ3v) is 4.37. The summed E-state index contributed by atoms with van der Waals surface area (Å²) in [4.78, 5) is 23.8. The van der Waals surface area contributed by atoms with Crippen molar-refractivity contribution in [2.75, 3.05) is 6.61 Å². The molecule has 1 N–H and O–H groups in total. The largest absolute Gasteiger partial charge is 0.462 e. The number of nitrogens with one attached hydrogen (secondary N) is 1. The van der Waals surface area contributed by atoms with Crippen LogP contribution in [0, 0.1) is 11.6 Å². The van der Waals surface area contributed by atoms with E-state index < -0.39 is 34.8 Å². The van der Waals surface area contributed by atoms with Crippen molar-refractivity contribution < 1.29 is 27.8 Å². The van der Waals surface area contributed by atoms with Crippen molar-refractivity contribution in [1.29, 1.82) is 0 Å². The van der Waals surface area contributed by atoms with Gasteiger partial charge in [0.15, 0.2) is 0 Å². The predicted octanol–water partition coefficient (Wildman–Crippen LogP) is 4.06. The minimum Gasteiger partial charge on any atom is -0.462 e. The average Bonchev–Trinajstić information content (AvgIpc) is 3.43. The molecule has 1 amide bonds. The molecule has 5 nitrogen and oxygen atoms in total. The highest BCUT2D eigenvalue weighted by atomic mass is 19.1. The Bertz CT molecular complexity index is 851. The second-order valence-corrected chi connectivity index (χ2v) is 6.30. The SMILES string of the molecule is CCOC(=O)c1cc(F)c(C2(NC(=O)OCc3ccccc3)CC2)cc1F. The van der Waals surface area contributed by atoms with E-state index in [4.69, 9.17) is 9.47 Å². The summed E-state index contributed by atoms with van der Waals surface area (Å²) >= 11 is 0. The Hall–Kier alpha value is -2.96. The van der Waals surface area contributed by atoms with Crippen molar-refractivity contribution in [2.24, 2.45) is 0 Å². The van der Waals surface area contributed by atoms with Gasteiger partial charge < -0.3 is 14.8 Å². The highest BCUT2D eigenvalue weighted by molar-refractivity contribution is 5.89. The number of carbonyl (C=O) groups is 2. The van der Waals surface area contributed by atoms with Crippen LogP contribution < -0.4 is 5.32 Å². The number of halogens is 2. The molecule has 142 valence electrons. The zero-order valence-electron chi connectivity index (χ0n) is 14.8. The first-order chi connectivity index (χ1) is 12.9. The summed E-state index contributed by atoms with van der Waals surface area (Å²) in [6.45, 7) is 1.70. The molecule has 0 spiro atoms. The van der Waals surface area contributed by atoms with E-state index in [1.165, 1.54) is 0 Å². The molecule has 0 aromatic heterocycles. The van der Waals surface area contributed by atoms with Crippen molar-refractivity contribution in [3.8, 4) is 0 Å². The monoisotopic (exact) mass is 375 g/mol. The lowest BCUT2D eigenvalue weighted by Crippen LogP contribution is -2.36. The summed E-state index contributed by atoms with van der Waals surface area (Å²) in [5.41, 5.74) is -0.690. The smallest absolute Gasteiger partial charge is 0.408 e. The second-order valence-electron chi connectivity index (χ2n) is 6.30. The molecule has 2 aromatic rings. The number of rotatable bonds is 6. The Balaban J connectivity index is 1.71. The van der Waals surface area contributed by atoms with Crippen molar-refractivity contribution in [2.45, 2.75) is 31.9 Å². The topological polar surface area (TPSA) is 64.6 Å². The Kier molecular flexibility index (Phi) is 5.39. The lowest BCUT2D eigenvalue weighted by atomic mass is 10.0. The normalized spacial score (nSPS) is 14.3. The number of esters is 1. The quantitative estimate of drug-likeness (QED) is 0.774. The molecular weight excluding hydrogens is 356 g/mol. The maximum atomic E-state index is 14.5. The van der Waals surface area contributed by atoms with E-state index in [1.54, 1.807) is 6.92 Å². The number of amides is 1. The summed E-state index contributed by atoms with van der Waals surface area (Å²) in [5.74, 6) is -2.60. The third kappa shape index (κ3) is 4.24. The zero-order valence-corrected chi connectivity index (χ0v) is 14.8. The molecule has 1 aliphatic carbocycles. The molecule has 1 fully saturated rings. The highest BCUT2D eigenvalue weighted by Crippen LogP contribution is 2.47. The molecule has 0 radical (unpaired) electrons. The predicted molar refractivity (Wildman–Crippen MR) is 93.0 cm³/mol. The minimum absolute atomic E-state index is 0.00953. The van der Waals surface area contributed by atoms with Gasteiger partial charge in [-0.15, -0.1) is 0 Å². The molecule has 0 atom stereocenters. The number of hydrogen-bond donors (Lipinski definition) is 1. The molecule has 1 aliphatic rings. The maximum absolute atomic E-state index is 14.5. The van der Waals surface area contributed by atoms with Crippen LogP contribution in [0.25, 0.3) is 0 Å².